The number of benzene rings is 1. The predicted molar refractivity (Wildman–Crippen MR) is 106 cm³/mol. The van der Waals surface area contributed by atoms with Gasteiger partial charge in [0.2, 0.25) is 0 Å². The fourth-order valence-electron chi connectivity index (χ4n) is 3.13. The Morgan fingerprint density at radius 2 is 1.88 bits per heavy atom. The lowest BCUT2D eigenvalue weighted by Crippen LogP contribution is -2.31. The molecule has 0 bridgehead atoms. The summed E-state index contributed by atoms with van der Waals surface area (Å²) in [6.07, 6.45) is 4.03. The van der Waals surface area contributed by atoms with Crippen molar-refractivity contribution in [3.63, 3.8) is 0 Å². The maximum absolute atomic E-state index is 5.74. The smallest absolute Gasteiger partial charge is 0.136 e. The van der Waals surface area contributed by atoms with Gasteiger partial charge in [0.05, 0.1) is 6.10 Å². The summed E-state index contributed by atoms with van der Waals surface area (Å²) in [5.41, 5.74) is 3.46. The van der Waals surface area contributed by atoms with Crippen LogP contribution >= 0.6 is 0 Å². The second-order valence-electron chi connectivity index (χ2n) is 7.02. The third kappa shape index (κ3) is 4.42. The summed E-state index contributed by atoms with van der Waals surface area (Å²) in [4.78, 5) is 6.58. The number of hydrogen-bond donors (Lipinski definition) is 1. The van der Waals surface area contributed by atoms with E-state index in [4.69, 9.17) is 4.74 Å². The van der Waals surface area contributed by atoms with Crippen LogP contribution in [0.1, 0.15) is 31.1 Å². The molecular weight excluding hydrogens is 324 g/mol. The standard InChI is InChI=1S/C21H28N4O/c1-16(2)26-19-10-8-17(9-11-19)20(24(3)4)15-22-14-18-6-5-7-21-23-12-13-25(18)21/h5-13,16,20,22H,14-15H2,1-4H3. The Bertz CT molecular complexity index is 823. The van der Waals surface area contributed by atoms with Crippen LogP contribution in [0.5, 0.6) is 5.75 Å². The predicted octanol–water partition coefficient (Wildman–Crippen LogP) is 3.51. The van der Waals surface area contributed by atoms with Gasteiger partial charge in [0.1, 0.15) is 11.4 Å². The maximum Gasteiger partial charge on any atom is 0.136 e. The molecular formula is C21H28N4O. The molecule has 1 unspecified atom stereocenters. The van der Waals surface area contributed by atoms with Crippen LogP contribution in [-0.2, 0) is 6.54 Å². The first-order valence-corrected chi connectivity index (χ1v) is 9.09. The van der Waals surface area contributed by atoms with Crippen LogP contribution in [-0.4, -0.2) is 41.0 Å². The highest BCUT2D eigenvalue weighted by atomic mass is 16.5. The van der Waals surface area contributed by atoms with Crippen molar-refractivity contribution in [1.82, 2.24) is 19.6 Å². The van der Waals surface area contributed by atoms with Gasteiger partial charge in [-0.2, -0.15) is 0 Å². The molecule has 1 N–H and O–H groups in total. The molecule has 0 radical (unpaired) electrons. The molecule has 0 fully saturated rings. The van der Waals surface area contributed by atoms with Gasteiger partial charge < -0.3 is 19.4 Å². The molecule has 3 rings (SSSR count). The average Bonchev–Trinajstić information content (AvgIpc) is 3.08. The molecule has 0 aliphatic rings. The molecule has 2 heterocycles. The highest BCUT2D eigenvalue weighted by Gasteiger charge is 2.14. The van der Waals surface area contributed by atoms with E-state index < -0.39 is 0 Å². The minimum atomic E-state index is 0.193. The first-order valence-electron chi connectivity index (χ1n) is 9.09. The Labute approximate surface area is 155 Å². The van der Waals surface area contributed by atoms with E-state index in [9.17, 15) is 0 Å². The van der Waals surface area contributed by atoms with Crippen LogP contribution in [0.3, 0.4) is 0 Å². The van der Waals surface area contributed by atoms with Crippen molar-refractivity contribution in [1.29, 1.82) is 0 Å². The zero-order chi connectivity index (χ0) is 18.5. The molecule has 5 nitrogen and oxygen atoms in total. The Balaban J connectivity index is 1.64. The summed E-state index contributed by atoms with van der Waals surface area (Å²) in [5, 5.41) is 3.59. The maximum atomic E-state index is 5.74. The molecule has 0 aliphatic carbocycles. The molecule has 1 atom stereocenters. The number of rotatable bonds is 8. The summed E-state index contributed by atoms with van der Waals surface area (Å²) in [6.45, 7) is 5.75. The van der Waals surface area contributed by atoms with Gasteiger partial charge in [-0.15, -0.1) is 0 Å². The van der Waals surface area contributed by atoms with E-state index in [0.29, 0.717) is 6.04 Å². The van der Waals surface area contributed by atoms with E-state index in [0.717, 1.165) is 24.5 Å². The van der Waals surface area contributed by atoms with Crippen molar-refractivity contribution >= 4 is 5.65 Å². The molecule has 2 aromatic heterocycles. The Kier molecular flexibility index (Phi) is 5.91. The molecule has 5 heteroatoms. The van der Waals surface area contributed by atoms with Gasteiger partial charge >= 0.3 is 0 Å². The topological polar surface area (TPSA) is 41.8 Å². The zero-order valence-electron chi connectivity index (χ0n) is 16.0. The fraction of sp³-hybridized carbons (Fsp3) is 0.381. The second kappa shape index (κ2) is 8.34. The van der Waals surface area contributed by atoms with Crippen LogP contribution in [0.25, 0.3) is 5.65 Å². The number of likely N-dealkylation sites (N-methyl/N-ethyl adjacent to an activating group) is 1. The van der Waals surface area contributed by atoms with Gasteiger partial charge in [0, 0.05) is 37.2 Å². The molecule has 1 aromatic carbocycles. The Morgan fingerprint density at radius 3 is 2.58 bits per heavy atom. The highest BCUT2D eigenvalue weighted by Crippen LogP contribution is 2.21. The van der Waals surface area contributed by atoms with Gasteiger partial charge in [-0.1, -0.05) is 18.2 Å². The molecule has 0 saturated heterocycles. The minimum absolute atomic E-state index is 0.193. The van der Waals surface area contributed by atoms with Crippen LogP contribution in [0, 0.1) is 0 Å². The number of fused-ring (bicyclic) bond motifs is 1. The average molecular weight is 352 g/mol. The van der Waals surface area contributed by atoms with Crippen molar-refractivity contribution in [2.75, 3.05) is 20.6 Å². The van der Waals surface area contributed by atoms with E-state index >= 15 is 0 Å². The monoisotopic (exact) mass is 352 g/mol. The number of pyridine rings is 1. The lowest BCUT2D eigenvalue weighted by molar-refractivity contribution is 0.242. The van der Waals surface area contributed by atoms with Gasteiger partial charge in [0.25, 0.3) is 0 Å². The number of nitrogens with one attached hydrogen (secondary N) is 1. The Morgan fingerprint density at radius 1 is 1.12 bits per heavy atom. The third-order valence-corrected chi connectivity index (χ3v) is 4.42. The number of aromatic nitrogens is 2. The number of hydrogen-bond acceptors (Lipinski definition) is 4. The van der Waals surface area contributed by atoms with E-state index in [1.54, 1.807) is 0 Å². The summed E-state index contributed by atoms with van der Waals surface area (Å²) >= 11 is 0. The molecule has 0 spiro atoms. The number of imidazole rings is 1. The molecule has 3 aromatic rings. The van der Waals surface area contributed by atoms with Gasteiger partial charge in [-0.25, -0.2) is 4.98 Å². The van der Waals surface area contributed by atoms with Gasteiger partial charge in [-0.3, -0.25) is 0 Å². The minimum Gasteiger partial charge on any atom is -0.491 e. The molecule has 0 aliphatic heterocycles. The van der Waals surface area contributed by atoms with Crippen molar-refractivity contribution in [3.8, 4) is 5.75 Å². The first-order chi connectivity index (χ1) is 12.5. The molecule has 0 saturated carbocycles. The van der Waals surface area contributed by atoms with Gasteiger partial charge in [0.15, 0.2) is 0 Å². The second-order valence-corrected chi connectivity index (χ2v) is 7.02. The fourth-order valence-corrected chi connectivity index (χ4v) is 3.13. The molecule has 26 heavy (non-hydrogen) atoms. The third-order valence-electron chi connectivity index (χ3n) is 4.42. The molecule has 138 valence electrons. The summed E-state index contributed by atoms with van der Waals surface area (Å²) in [6, 6.07) is 14.9. The van der Waals surface area contributed by atoms with Crippen LogP contribution in [0.4, 0.5) is 0 Å². The highest BCUT2D eigenvalue weighted by molar-refractivity contribution is 5.39. The lowest BCUT2D eigenvalue weighted by Gasteiger charge is -2.25. The van der Waals surface area contributed by atoms with Crippen molar-refractivity contribution in [2.24, 2.45) is 0 Å². The van der Waals surface area contributed by atoms with Gasteiger partial charge in [-0.05, 0) is 57.8 Å². The first kappa shape index (κ1) is 18.4. The lowest BCUT2D eigenvalue weighted by atomic mass is 10.1. The van der Waals surface area contributed by atoms with Crippen molar-refractivity contribution in [2.45, 2.75) is 32.5 Å². The Hall–Kier alpha value is -2.37. The SMILES string of the molecule is CC(C)Oc1ccc(C(CNCc2cccc3nccn23)N(C)C)cc1. The normalized spacial score (nSPS) is 12.8. The van der Waals surface area contributed by atoms with E-state index in [2.05, 4.69) is 70.1 Å². The zero-order valence-corrected chi connectivity index (χ0v) is 16.0. The largest absolute Gasteiger partial charge is 0.491 e. The van der Waals surface area contributed by atoms with Crippen molar-refractivity contribution in [3.05, 3.63) is 66.1 Å². The number of nitrogens with zero attached hydrogens (tertiary/aromatic N) is 3. The summed E-state index contributed by atoms with van der Waals surface area (Å²) in [5.74, 6) is 0.918. The summed E-state index contributed by atoms with van der Waals surface area (Å²) in [7, 11) is 4.23. The van der Waals surface area contributed by atoms with Crippen LogP contribution < -0.4 is 10.1 Å². The van der Waals surface area contributed by atoms with Crippen molar-refractivity contribution < 1.29 is 4.74 Å². The van der Waals surface area contributed by atoms with Crippen LogP contribution in [0.2, 0.25) is 0 Å². The van der Waals surface area contributed by atoms with E-state index in [-0.39, 0.29) is 6.10 Å². The quantitative estimate of drug-likeness (QED) is 0.674. The van der Waals surface area contributed by atoms with E-state index in [1.165, 1.54) is 11.3 Å². The number of ether oxygens (including phenoxy) is 1. The van der Waals surface area contributed by atoms with E-state index in [1.807, 2.05) is 32.3 Å². The molecule has 0 amide bonds. The van der Waals surface area contributed by atoms with Crippen LogP contribution in [0.15, 0.2) is 54.9 Å². The summed E-state index contributed by atoms with van der Waals surface area (Å²) < 4.78 is 7.86.